The molecular formula is C7H13NO3S. The van der Waals surface area contributed by atoms with Crippen molar-refractivity contribution >= 4 is 16.4 Å². The van der Waals surface area contributed by atoms with E-state index in [-0.39, 0.29) is 11.3 Å². The van der Waals surface area contributed by atoms with Gasteiger partial charge in [0, 0.05) is 24.3 Å². The van der Waals surface area contributed by atoms with Gasteiger partial charge in [-0.3, -0.25) is 4.90 Å². The highest BCUT2D eigenvalue weighted by atomic mass is 32.2. The van der Waals surface area contributed by atoms with Crippen molar-refractivity contribution in [3.8, 4) is 0 Å². The molecule has 0 aromatic carbocycles. The second-order valence-corrected chi connectivity index (χ2v) is 4.20. The molecule has 5 heteroatoms. The molecule has 1 rings (SSSR count). The molecule has 1 atom stereocenters. The van der Waals surface area contributed by atoms with Crippen molar-refractivity contribution in [3.63, 3.8) is 0 Å². The summed E-state index contributed by atoms with van der Waals surface area (Å²) in [5, 5.41) is 8.82. The number of carbonyl (C=O) groups is 1. The zero-order chi connectivity index (χ0) is 9.14. The topological polar surface area (TPSA) is 63.6 Å². The van der Waals surface area contributed by atoms with Crippen LogP contribution in [-0.2, 0) is 11.2 Å². The zero-order valence-corrected chi connectivity index (χ0v) is 7.84. The van der Waals surface area contributed by atoms with Crippen molar-refractivity contribution in [2.75, 3.05) is 19.3 Å². The average Bonchev–Trinajstić information content (AvgIpc) is 2.04. The van der Waals surface area contributed by atoms with Gasteiger partial charge in [0.15, 0.2) is 0 Å². The number of hydrogen-bond donors (Lipinski definition) is 1. The monoisotopic (exact) mass is 191 g/mol. The Labute approximate surface area is 74.7 Å². The fourth-order valence-electron chi connectivity index (χ4n) is 1.23. The molecule has 0 spiro atoms. The molecule has 1 aliphatic rings. The van der Waals surface area contributed by atoms with Gasteiger partial charge in [0.2, 0.25) is 0 Å². The zero-order valence-electron chi connectivity index (χ0n) is 7.02. The highest BCUT2D eigenvalue weighted by Gasteiger charge is 2.26. The molecule has 1 saturated heterocycles. The molecule has 0 unspecified atom stereocenters. The lowest BCUT2D eigenvalue weighted by atomic mass is 10.1. The van der Waals surface area contributed by atoms with Crippen LogP contribution in [0.4, 0.5) is 4.79 Å². The third-order valence-corrected chi connectivity index (χ3v) is 2.72. The van der Waals surface area contributed by atoms with Crippen LogP contribution in [0.1, 0.15) is 12.8 Å². The standard InChI is InChI=1S/C7H13NO3S/c1-12(11)7(10)8-4-2-6(9)3-5-8/h6,9H,2-5H2,1H3/t12-/m0/s1. The van der Waals surface area contributed by atoms with Crippen LogP contribution in [0.3, 0.4) is 0 Å². The van der Waals surface area contributed by atoms with Gasteiger partial charge in [-0.1, -0.05) is 0 Å². The van der Waals surface area contributed by atoms with Gasteiger partial charge < -0.3 is 9.66 Å². The predicted octanol–water partition coefficient (Wildman–Crippen LogP) is -0.0584. The summed E-state index contributed by atoms with van der Waals surface area (Å²) in [6, 6.07) is 0. The number of piperidine rings is 1. The lowest BCUT2D eigenvalue weighted by Gasteiger charge is -2.28. The molecule has 1 amide bonds. The third-order valence-electron chi connectivity index (χ3n) is 1.97. The van der Waals surface area contributed by atoms with Crippen LogP contribution in [0, 0.1) is 0 Å². The maximum atomic E-state index is 11.1. The largest absolute Gasteiger partial charge is 0.608 e. The SMILES string of the molecule is C[S@+]([O-])C(=O)N1CCC(O)CC1. The van der Waals surface area contributed by atoms with E-state index >= 15 is 0 Å². The van der Waals surface area contributed by atoms with Crippen LogP contribution in [-0.4, -0.2) is 45.2 Å². The molecule has 0 aromatic rings. The Morgan fingerprint density at radius 3 is 2.50 bits per heavy atom. The Morgan fingerprint density at radius 1 is 1.58 bits per heavy atom. The summed E-state index contributed by atoms with van der Waals surface area (Å²) >= 11 is -1.41. The molecule has 0 saturated carbocycles. The first-order chi connectivity index (χ1) is 5.61. The number of nitrogens with zero attached hydrogens (tertiary/aromatic N) is 1. The molecule has 0 radical (unpaired) electrons. The molecule has 1 fully saturated rings. The van der Waals surface area contributed by atoms with Gasteiger partial charge in [0.25, 0.3) is 0 Å². The maximum Gasteiger partial charge on any atom is 0.429 e. The fraction of sp³-hybridized carbons (Fsp3) is 0.857. The number of hydrogen-bond acceptors (Lipinski definition) is 3. The Hall–Kier alpha value is -0.260. The summed E-state index contributed by atoms with van der Waals surface area (Å²) in [5.74, 6) is 0. The molecule has 1 heterocycles. The van der Waals surface area contributed by atoms with E-state index in [1.807, 2.05) is 0 Å². The molecular weight excluding hydrogens is 178 g/mol. The van der Waals surface area contributed by atoms with E-state index in [0.29, 0.717) is 25.9 Å². The first kappa shape index (κ1) is 9.83. The van der Waals surface area contributed by atoms with Gasteiger partial charge in [-0.2, -0.15) is 0 Å². The van der Waals surface area contributed by atoms with E-state index < -0.39 is 11.2 Å². The first-order valence-electron chi connectivity index (χ1n) is 3.91. The van der Waals surface area contributed by atoms with Crippen molar-refractivity contribution < 1.29 is 14.5 Å². The smallest absolute Gasteiger partial charge is 0.429 e. The lowest BCUT2D eigenvalue weighted by Crippen LogP contribution is -2.42. The quantitative estimate of drug-likeness (QED) is 0.546. The molecule has 70 valence electrons. The minimum absolute atomic E-state index is 0.292. The van der Waals surface area contributed by atoms with E-state index in [9.17, 15) is 9.35 Å². The minimum Gasteiger partial charge on any atom is -0.608 e. The van der Waals surface area contributed by atoms with Crippen molar-refractivity contribution in [2.45, 2.75) is 18.9 Å². The molecule has 0 aliphatic carbocycles. The highest BCUT2D eigenvalue weighted by molar-refractivity contribution is 8.05. The summed E-state index contributed by atoms with van der Waals surface area (Å²) < 4.78 is 10.8. The fourth-order valence-corrected chi connectivity index (χ4v) is 1.78. The van der Waals surface area contributed by atoms with E-state index in [4.69, 9.17) is 5.11 Å². The summed E-state index contributed by atoms with van der Waals surface area (Å²) in [4.78, 5) is 12.7. The second-order valence-electron chi connectivity index (χ2n) is 2.94. The van der Waals surface area contributed by atoms with Crippen LogP contribution >= 0.6 is 0 Å². The molecule has 1 aliphatic heterocycles. The number of carbonyl (C=O) groups excluding carboxylic acids is 1. The first-order valence-corrected chi connectivity index (χ1v) is 5.47. The number of rotatable bonds is 0. The Balaban J connectivity index is 2.39. The summed E-state index contributed by atoms with van der Waals surface area (Å²) in [6.45, 7) is 1.05. The van der Waals surface area contributed by atoms with Crippen molar-refractivity contribution in [1.82, 2.24) is 4.90 Å². The van der Waals surface area contributed by atoms with Gasteiger partial charge in [0.05, 0.1) is 6.10 Å². The van der Waals surface area contributed by atoms with Gasteiger partial charge in [-0.05, 0) is 12.8 Å². The molecule has 1 N–H and O–H groups in total. The maximum absolute atomic E-state index is 11.1. The van der Waals surface area contributed by atoms with Crippen LogP contribution in [0.5, 0.6) is 0 Å². The Kier molecular flexibility index (Phi) is 3.37. The van der Waals surface area contributed by atoms with Gasteiger partial charge in [0.1, 0.15) is 6.26 Å². The highest BCUT2D eigenvalue weighted by Crippen LogP contribution is 2.11. The minimum atomic E-state index is -1.41. The van der Waals surface area contributed by atoms with E-state index in [0.717, 1.165) is 0 Å². The van der Waals surface area contributed by atoms with Crippen molar-refractivity contribution in [3.05, 3.63) is 0 Å². The van der Waals surface area contributed by atoms with Crippen LogP contribution in [0.15, 0.2) is 0 Å². The predicted molar refractivity (Wildman–Crippen MR) is 46.3 cm³/mol. The van der Waals surface area contributed by atoms with Crippen molar-refractivity contribution in [2.24, 2.45) is 0 Å². The summed E-state index contributed by atoms with van der Waals surface area (Å²) in [5.41, 5.74) is 0. The van der Waals surface area contributed by atoms with Gasteiger partial charge in [-0.15, -0.1) is 0 Å². The average molecular weight is 191 g/mol. The normalized spacial score (nSPS) is 22.4. The van der Waals surface area contributed by atoms with Crippen LogP contribution < -0.4 is 0 Å². The molecule has 0 bridgehead atoms. The van der Waals surface area contributed by atoms with Gasteiger partial charge in [-0.25, -0.2) is 4.79 Å². The number of aliphatic hydroxyl groups is 1. The van der Waals surface area contributed by atoms with Crippen LogP contribution in [0.25, 0.3) is 0 Å². The van der Waals surface area contributed by atoms with Gasteiger partial charge >= 0.3 is 5.24 Å². The molecule has 4 nitrogen and oxygen atoms in total. The number of aliphatic hydroxyl groups excluding tert-OH is 1. The van der Waals surface area contributed by atoms with E-state index in [1.54, 1.807) is 4.90 Å². The number of amides is 1. The third kappa shape index (κ3) is 2.36. The van der Waals surface area contributed by atoms with E-state index in [2.05, 4.69) is 0 Å². The summed E-state index contributed by atoms with van der Waals surface area (Å²) in [6.07, 6.45) is 2.29. The molecule has 12 heavy (non-hydrogen) atoms. The summed E-state index contributed by atoms with van der Waals surface area (Å²) in [7, 11) is 0. The van der Waals surface area contributed by atoms with Crippen LogP contribution in [0.2, 0.25) is 0 Å². The molecule has 0 aromatic heterocycles. The Bertz CT molecular complexity index is 166. The number of likely N-dealkylation sites (tertiary alicyclic amines) is 1. The van der Waals surface area contributed by atoms with Crippen molar-refractivity contribution in [1.29, 1.82) is 0 Å². The second kappa shape index (κ2) is 4.11. The Morgan fingerprint density at radius 2 is 2.08 bits per heavy atom. The lowest BCUT2D eigenvalue weighted by molar-refractivity contribution is 0.0995. The van der Waals surface area contributed by atoms with E-state index in [1.165, 1.54) is 6.26 Å².